The van der Waals surface area contributed by atoms with E-state index in [-0.39, 0.29) is 18.0 Å². The van der Waals surface area contributed by atoms with E-state index < -0.39 is 0 Å². The van der Waals surface area contributed by atoms with Crippen molar-refractivity contribution in [1.82, 2.24) is 5.32 Å². The Balaban J connectivity index is 1.88. The van der Waals surface area contributed by atoms with Gasteiger partial charge in [0.1, 0.15) is 6.04 Å². The maximum absolute atomic E-state index is 12.2. The number of hydrogen-bond acceptors (Lipinski definition) is 1. The number of hydrogen-bond donors (Lipinski definition) is 2. The smallest absolute Gasteiger partial charge is 0.278 e. The van der Waals surface area contributed by atoms with Crippen molar-refractivity contribution in [2.45, 2.75) is 57.7 Å². The number of nitrogens with two attached hydrogens (primary N) is 1. The van der Waals surface area contributed by atoms with Gasteiger partial charge >= 0.3 is 0 Å². The topological polar surface area (TPSA) is 45.7 Å². The highest BCUT2D eigenvalue weighted by atomic mass is 35.5. The van der Waals surface area contributed by atoms with E-state index in [0.717, 1.165) is 23.4 Å². The molecular formula is C16H24ClN2O+. The summed E-state index contributed by atoms with van der Waals surface area (Å²) in [6, 6.07) is 8.28. The van der Waals surface area contributed by atoms with Crippen molar-refractivity contribution in [2.75, 3.05) is 0 Å². The minimum atomic E-state index is -0.0955. The Morgan fingerprint density at radius 3 is 2.60 bits per heavy atom. The van der Waals surface area contributed by atoms with E-state index in [2.05, 4.69) is 17.6 Å². The van der Waals surface area contributed by atoms with Crippen LogP contribution in [0.15, 0.2) is 24.3 Å². The van der Waals surface area contributed by atoms with Crippen LogP contribution in [-0.4, -0.2) is 18.0 Å². The lowest BCUT2D eigenvalue weighted by atomic mass is 10.1. The van der Waals surface area contributed by atoms with Crippen LogP contribution in [0.1, 0.15) is 51.1 Å². The van der Waals surface area contributed by atoms with Crippen LogP contribution in [0.4, 0.5) is 0 Å². The van der Waals surface area contributed by atoms with E-state index in [0.29, 0.717) is 6.04 Å². The zero-order valence-electron chi connectivity index (χ0n) is 12.2. The Labute approximate surface area is 126 Å². The molecule has 0 saturated heterocycles. The van der Waals surface area contributed by atoms with Gasteiger partial charge in [0.2, 0.25) is 0 Å². The third-order valence-corrected chi connectivity index (χ3v) is 4.43. The fourth-order valence-electron chi connectivity index (χ4n) is 2.87. The lowest BCUT2D eigenvalue weighted by Crippen LogP contribution is -2.92. The Hall–Kier alpha value is -1.06. The first-order chi connectivity index (χ1) is 9.58. The minimum absolute atomic E-state index is 0.0955. The second kappa shape index (κ2) is 7.09. The third-order valence-electron chi connectivity index (χ3n) is 4.09. The first-order valence-corrected chi connectivity index (χ1v) is 7.85. The van der Waals surface area contributed by atoms with Gasteiger partial charge in [0.05, 0.1) is 0 Å². The number of carbonyl (C=O) groups is 1. The molecule has 1 aromatic rings. The number of amides is 1. The highest BCUT2D eigenvalue weighted by Gasteiger charge is 2.24. The second-order valence-corrected chi connectivity index (χ2v) is 6.19. The number of benzene rings is 1. The molecule has 3 N–H and O–H groups in total. The summed E-state index contributed by atoms with van der Waals surface area (Å²) in [5.41, 5.74) is 1.08. The second-order valence-electron chi connectivity index (χ2n) is 5.78. The van der Waals surface area contributed by atoms with E-state index in [4.69, 9.17) is 11.6 Å². The maximum atomic E-state index is 12.2. The third kappa shape index (κ3) is 3.97. The summed E-state index contributed by atoms with van der Waals surface area (Å²) in [5.74, 6) is 0.135. The van der Waals surface area contributed by atoms with Gasteiger partial charge in [-0.2, -0.15) is 0 Å². The Morgan fingerprint density at radius 1 is 1.30 bits per heavy atom. The molecule has 0 spiro atoms. The lowest BCUT2D eigenvalue weighted by Gasteiger charge is -2.19. The van der Waals surface area contributed by atoms with Gasteiger partial charge in [-0.25, -0.2) is 0 Å². The summed E-state index contributed by atoms with van der Waals surface area (Å²) in [5, 5.41) is 5.99. The first kappa shape index (κ1) is 15.3. The molecule has 2 atom stereocenters. The highest BCUT2D eigenvalue weighted by molar-refractivity contribution is 6.31. The molecule has 0 heterocycles. The van der Waals surface area contributed by atoms with Crippen molar-refractivity contribution >= 4 is 17.5 Å². The van der Waals surface area contributed by atoms with Gasteiger partial charge in [-0.3, -0.25) is 4.79 Å². The van der Waals surface area contributed by atoms with Crippen LogP contribution in [0.25, 0.3) is 0 Å². The Kier molecular flexibility index (Phi) is 5.44. The predicted molar refractivity (Wildman–Crippen MR) is 81.7 cm³/mol. The maximum Gasteiger partial charge on any atom is 0.278 e. The van der Waals surface area contributed by atoms with Gasteiger partial charge in [-0.15, -0.1) is 0 Å². The van der Waals surface area contributed by atoms with Crippen molar-refractivity contribution < 1.29 is 10.1 Å². The fourth-order valence-corrected chi connectivity index (χ4v) is 3.18. The summed E-state index contributed by atoms with van der Waals surface area (Å²) >= 11 is 6.20. The van der Waals surface area contributed by atoms with Gasteiger partial charge in [-0.1, -0.05) is 42.6 Å². The van der Waals surface area contributed by atoms with Crippen LogP contribution >= 0.6 is 11.6 Å². The fraction of sp³-hybridized carbons (Fsp3) is 0.562. The van der Waals surface area contributed by atoms with Crippen LogP contribution in [0.3, 0.4) is 0 Å². The molecule has 1 amide bonds. The molecule has 1 fully saturated rings. The summed E-state index contributed by atoms with van der Waals surface area (Å²) in [6.07, 6.45) is 4.72. The van der Waals surface area contributed by atoms with Gasteiger partial charge in [0.15, 0.2) is 6.04 Å². The molecule has 110 valence electrons. The largest absolute Gasteiger partial charge is 0.348 e. The van der Waals surface area contributed by atoms with Crippen LogP contribution < -0.4 is 10.6 Å². The van der Waals surface area contributed by atoms with Crippen LogP contribution in [0, 0.1) is 0 Å². The number of rotatable bonds is 5. The highest BCUT2D eigenvalue weighted by Crippen LogP contribution is 2.20. The van der Waals surface area contributed by atoms with E-state index in [9.17, 15) is 4.79 Å². The normalized spacial score (nSPS) is 18.8. The number of nitrogens with one attached hydrogen (secondary N) is 1. The van der Waals surface area contributed by atoms with E-state index in [1.165, 1.54) is 12.8 Å². The van der Waals surface area contributed by atoms with Crippen LogP contribution in [-0.2, 0) is 4.79 Å². The molecule has 0 aliphatic heterocycles. The predicted octanol–water partition coefficient (Wildman–Crippen LogP) is 2.41. The average Bonchev–Trinajstić information content (AvgIpc) is 2.91. The molecule has 20 heavy (non-hydrogen) atoms. The van der Waals surface area contributed by atoms with Crippen LogP contribution in [0.5, 0.6) is 0 Å². The van der Waals surface area contributed by atoms with E-state index in [1.807, 2.05) is 31.2 Å². The molecule has 1 aliphatic rings. The average molecular weight is 296 g/mol. The molecule has 0 radical (unpaired) electrons. The van der Waals surface area contributed by atoms with Gasteiger partial charge in [0, 0.05) is 16.6 Å². The summed E-state index contributed by atoms with van der Waals surface area (Å²) in [4.78, 5) is 12.2. The molecular weight excluding hydrogens is 272 g/mol. The number of quaternary nitrogens is 1. The molecule has 3 nitrogen and oxygen atoms in total. The molecule has 2 rings (SSSR count). The van der Waals surface area contributed by atoms with Gasteiger partial charge in [0.25, 0.3) is 5.91 Å². The van der Waals surface area contributed by atoms with E-state index >= 15 is 0 Å². The monoisotopic (exact) mass is 295 g/mol. The quantitative estimate of drug-likeness (QED) is 0.861. The summed E-state index contributed by atoms with van der Waals surface area (Å²) in [6.45, 7) is 4.04. The van der Waals surface area contributed by atoms with Crippen molar-refractivity contribution in [1.29, 1.82) is 0 Å². The molecule has 0 unspecified atom stereocenters. The SMILES string of the molecule is C[C@H]([NH2+][C@H](C)C(=O)NC1CCCC1)c1ccccc1Cl. The molecule has 0 aromatic heterocycles. The molecule has 4 heteroatoms. The zero-order chi connectivity index (χ0) is 14.5. The van der Waals surface area contributed by atoms with Crippen LogP contribution in [0.2, 0.25) is 5.02 Å². The summed E-state index contributed by atoms with van der Waals surface area (Å²) in [7, 11) is 0. The van der Waals surface area contributed by atoms with Crippen molar-refractivity contribution in [2.24, 2.45) is 0 Å². The Morgan fingerprint density at radius 2 is 1.95 bits per heavy atom. The van der Waals surface area contributed by atoms with Gasteiger partial charge < -0.3 is 10.6 Å². The minimum Gasteiger partial charge on any atom is -0.348 e. The molecule has 0 bridgehead atoms. The number of halogens is 1. The lowest BCUT2D eigenvalue weighted by molar-refractivity contribution is -0.710. The molecule has 1 aromatic carbocycles. The zero-order valence-corrected chi connectivity index (χ0v) is 13.0. The van der Waals surface area contributed by atoms with Crippen molar-refractivity contribution in [3.8, 4) is 0 Å². The first-order valence-electron chi connectivity index (χ1n) is 7.47. The standard InChI is InChI=1S/C16H23ClN2O/c1-11(14-9-5-6-10-15(14)17)18-12(2)16(20)19-13-7-3-4-8-13/h5-6,9-13,18H,3-4,7-8H2,1-2H3,(H,19,20)/p+1/t11-,12+/m0/s1. The molecule has 1 aliphatic carbocycles. The Bertz CT molecular complexity index is 458. The number of carbonyl (C=O) groups excluding carboxylic acids is 1. The molecule has 1 saturated carbocycles. The van der Waals surface area contributed by atoms with E-state index in [1.54, 1.807) is 0 Å². The van der Waals surface area contributed by atoms with Crippen molar-refractivity contribution in [3.05, 3.63) is 34.9 Å². The summed E-state index contributed by atoms with van der Waals surface area (Å²) < 4.78 is 0. The van der Waals surface area contributed by atoms with Crippen molar-refractivity contribution in [3.63, 3.8) is 0 Å². The van der Waals surface area contributed by atoms with Gasteiger partial charge in [-0.05, 0) is 32.8 Å².